The summed E-state index contributed by atoms with van der Waals surface area (Å²) in [5.74, 6) is -0.240. The van der Waals surface area contributed by atoms with E-state index >= 15 is 0 Å². The van der Waals surface area contributed by atoms with Crippen LogP contribution in [0.15, 0.2) is 79.1 Å². The van der Waals surface area contributed by atoms with Gasteiger partial charge in [0.15, 0.2) is 0 Å². The smallest absolute Gasteiger partial charge is 0.406 e. The Kier molecular flexibility index (Phi) is 11.7. The Bertz CT molecular complexity index is 1750. The monoisotopic (exact) mass is 728 g/mol. The molecular weight excluding hydrogens is 684 g/mol. The number of nitrogens with zero attached hydrogens (tertiary/aromatic N) is 3. The molecule has 0 atom stereocenters. The van der Waals surface area contributed by atoms with E-state index in [1.165, 1.54) is 17.7 Å². The number of benzene rings is 3. The maximum absolute atomic E-state index is 12.9. The third-order valence-electron chi connectivity index (χ3n) is 9.89. The molecular formula is C38H45Cl2F3N6O. The molecule has 0 spiro atoms. The highest BCUT2D eigenvalue weighted by Gasteiger charge is 2.31. The maximum Gasteiger partial charge on any atom is 0.573 e. The lowest BCUT2D eigenvalue weighted by Crippen LogP contribution is -2.53. The van der Waals surface area contributed by atoms with Crippen LogP contribution in [0.25, 0.3) is 22.0 Å². The Morgan fingerprint density at radius 2 is 1.62 bits per heavy atom. The molecule has 7 nitrogen and oxygen atoms in total. The Hall–Kier alpha value is -3.25. The summed E-state index contributed by atoms with van der Waals surface area (Å²) in [6, 6.07) is 18.3. The molecule has 0 unspecified atom stereocenters. The molecule has 0 aliphatic carbocycles. The van der Waals surface area contributed by atoms with Crippen LogP contribution in [0.5, 0.6) is 5.75 Å². The van der Waals surface area contributed by atoms with Gasteiger partial charge in [-0.3, -0.25) is 9.80 Å². The summed E-state index contributed by atoms with van der Waals surface area (Å²) in [5, 5.41) is 9.27. The second-order valence-corrected chi connectivity index (χ2v) is 14.2. The third-order valence-corrected chi connectivity index (χ3v) is 10.6. The largest absolute Gasteiger partial charge is 0.573 e. The van der Waals surface area contributed by atoms with E-state index in [0.717, 1.165) is 124 Å². The van der Waals surface area contributed by atoms with Crippen LogP contribution in [0.2, 0.25) is 10.0 Å². The SMILES string of the molecule is C=C(NCCCn1cc(-c2ccc(OC(F)(F)F)cc2)c2cc(CN3CCCN(Cc4c(Cl)cccc4Cl)CC3)ccc21)C1(N)CCNCC1. The zero-order valence-electron chi connectivity index (χ0n) is 28.2. The number of aryl methyl sites for hydroxylation is 1. The molecule has 2 aliphatic heterocycles. The molecule has 268 valence electrons. The highest BCUT2D eigenvalue weighted by molar-refractivity contribution is 6.35. The molecule has 0 bridgehead atoms. The molecule has 2 saturated heterocycles. The van der Waals surface area contributed by atoms with E-state index in [1.54, 1.807) is 12.1 Å². The van der Waals surface area contributed by atoms with Crippen LogP contribution in [0.3, 0.4) is 0 Å². The molecule has 6 rings (SSSR count). The zero-order valence-corrected chi connectivity index (χ0v) is 29.7. The quantitative estimate of drug-likeness (QED) is 0.130. The van der Waals surface area contributed by atoms with Crippen LogP contribution >= 0.6 is 23.2 Å². The number of nitrogens with two attached hydrogens (primary N) is 1. The van der Waals surface area contributed by atoms with Gasteiger partial charge < -0.3 is 25.7 Å². The molecule has 4 aromatic rings. The second-order valence-electron chi connectivity index (χ2n) is 13.4. The number of hydrogen-bond donors (Lipinski definition) is 3. The van der Waals surface area contributed by atoms with Crippen LogP contribution < -0.4 is 21.1 Å². The number of rotatable bonds is 12. The number of nitrogens with one attached hydrogen (secondary N) is 2. The van der Waals surface area contributed by atoms with Gasteiger partial charge >= 0.3 is 6.36 Å². The van der Waals surface area contributed by atoms with Gasteiger partial charge in [0.05, 0.1) is 5.54 Å². The Morgan fingerprint density at radius 1 is 0.940 bits per heavy atom. The fraction of sp³-hybridized carbons (Fsp3) is 0.421. The van der Waals surface area contributed by atoms with Gasteiger partial charge in [0.25, 0.3) is 0 Å². The zero-order chi connectivity index (χ0) is 35.3. The lowest BCUT2D eigenvalue weighted by Gasteiger charge is -2.36. The van der Waals surface area contributed by atoms with Gasteiger partial charge in [-0.1, -0.05) is 54.0 Å². The van der Waals surface area contributed by atoms with Crippen molar-refractivity contribution in [3.8, 4) is 16.9 Å². The predicted molar refractivity (Wildman–Crippen MR) is 196 cm³/mol. The number of ether oxygens (including phenoxy) is 1. The summed E-state index contributed by atoms with van der Waals surface area (Å²) in [6.45, 7) is 12.8. The molecule has 1 aromatic heterocycles. The number of aromatic nitrogens is 1. The van der Waals surface area contributed by atoms with Crippen molar-refractivity contribution in [2.24, 2.45) is 5.73 Å². The first-order valence-electron chi connectivity index (χ1n) is 17.3. The number of alkyl halides is 3. The van der Waals surface area contributed by atoms with Crippen LogP contribution in [0.1, 0.15) is 36.8 Å². The van der Waals surface area contributed by atoms with Gasteiger partial charge in [-0.05, 0) is 99.4 Å². The first kappa shape index (κ1) is 36.5. The van der Waals surface area contributed by atoms with Crippen molar-refractivity contribution in [3.05, 3.63) is 100 Å². The van der Waals surface area contributed by atoms with E-state index in [-0.39, 0.29) is 5.75 Å². The predicted octanol–water partition coefficient (Wildman–Crippen LogP) is 7.80. The van der Waals surface area contributed by atoms with Crippen LogP contribution in [-0.2, 0) is 19.6 Å². The Morgan fingerprint density at radius 3 is 2.30 bits per heavy atom. The van der Waals surface area contributed by atoms with Crippen molar-refractivity contribution in [1.29, 1.82) is 0 Å². The van der Waals surface area contributed by atoms with E-state index in [4.69, 9.17) is 28.9 Å². The number of fused-ring (bicyclic) bond motifs is 1. The van der Waals surface area contributed by atoms with E-state index in [9.17, 15) is 13.2 Å². The Balaban J connectivity index is 1.17. The molecule has 2 fully saturated rings. The minimum atomic E-state index is -4.74. The minimum Gasteiger partial charge on any atom is -0.406 e. The van der Waals surface area contributed by atoms with Gasteiger partial charge in [-0.2, -0.15) is 0 Å². The van der Waals surface area contributed by atoms with Gasteiger partial charge in [0.1, 0.15) is 5.75 Å². The molecule has 4 N–H and O–H groups in total. The van der Waals surface area contributed by atoms with Crippen molar-refractivity contribution in [2.45, 2.75) is 57.2 Å². The summed E-state index contributed by atoms with van der Waals surface area (Å²) in [5.41, 5.74) is 12.1. The van der Waals surface area contributed by atoms with E-state index in [2.05, 4.69) is 60.7 Å². The third kappa shape index (κ3) is 9.15. The number of halogens is 5. The van der Waals surface area contributed by atoms with Gasteiger partial charge in [0.2, 0.25) is 0 Å². The molecule has 3 aromatic carbocycles. The van der Waals surface area contributed by atoms with Gasteiger partial charge in [-0.15, -0.1) is 13.2 Å². The summed E-state index contributed by atoms with van der Waals surface area (Å²) in [7, 11) is 0. The molecule has 0 amide bonds. The molecule has 2 aliphatic rings. The highest BCUT2D eigenvalue weighted by atomic mass is 35.5. The lowest BCUT2D eigenvalue weighted by molar-refractivity contribution is -0.274. The average molecular weight is 730 g/mol. The summed E-state index contributed by atoms with van der Waals surface area (Å²) < 4.78 is 44.9. The van der Waals surface area contributed by atoms with E-state index < -0.39 is 11.9 Å². The average Bonchev–Trinajstić information content (AvgIpc) is 3.28. The van der Waals surface area contributed by atoms with Gasteiger partial charge in [0, 0.05) is 83.2 Å². The molecule has 12 heteroatoms. The molecule has 3 heterocycles. The minimum absolute atomic E-state index is 0.240. The number of piperidine rings is 1. The highest BCUT2D eigenvalue weighted by Crippen LogP contribution is 2.34. The first-order valence-corrected chi connectivity index (χ1v) is 18.0. The van der Waals surface area contributed by atoms with Crippen molar-refractivity contribution in [1.82, 2.24) is 25.0 Å². The van der Waals surface area contributed by atoms with Crippen molar-refractivity contribution in [2.75, 3.05) is 45.8 Å². The Labute approximate surface area is 302 Å². The maximum atomic E-state index is 12.9. The molecule has 50 heavy (non-hydrogen) atoms. The summed E-state index contributed by atoms with van der Waals surface area (Å²) >= 11 is 12.9. The lowest BCUT2D eigenvalue weighted by atomic mass is 9.86. The second kappa shape index (κ2) is 16.0. The van der Waals surface area contributed by atoms with Crippen LogP contribution in [0.4, 0.5) is 13.2 Å². The standard InChI is InChI=1S/C38H45Cl2F3N6O/c1-27(37(44)13-16-45-17-14-37)46-15-3-20-49-26-32(29-8-10-30(11-9-29)50-38(41,42)43)31-23-28(7-12-36(31)49)24-47-18-4-19-48(22-21-47)25-33-34(39)5-2-6-35(33)40/h2,5-12,23,26,45-46H,1,3-4,13-22,24-25,44H2. The normalized spacial score (nSPS) is 17.5. The first-order chi connectivity index (χ1) is 24.0. The van der Waals surface area contributed by atoms with Crippen molar-refractivity contribution >= 4 is 34.1 Å². The molecule has 0 radical (unpaired) electrons. The fourth-order valence-electron chi connectivity index (χ4n) is 7.04. The van der Waals surface area contributed by atoms with Gasteiger partial charge in [-0.25, -0.2) is 0 Å². The van der Waals surface area contributed by atoms with Crippen molar-refractivity contribution in [3.63, 3.8) is 0 Å². The van der Waals surface area contributed by atoms with E-state index in [1.807, 2.05) is 18.2 Å². The number of hydrogen-bond acceptors (Lipinski definition) is 6. The summed E-state index contributed by atoms with van der Waals surface area (Å²) in [6.07, 6.45) is 0.944. The fourth-order valence-corrected chi connectivity index (χ4v) is 7.56. The van der Waals surface area contributed by atoms with Crippen LogP contribution in [0, 0.1) is 0 Å². The van der Waals surface area contributed by atoms with Crippen molar-refractivity contribution < 1.29 is 17.9 Å². The topological polar surface area (TPSA) is 70.7 Å². The molecule has 0 saturated carbocycles. The van der Waals surface area contributed by atoms with E-state index in [0.29, 0.717) is 10.0 Å². The van der Waals surface area contributed by atoms with Crippen LogP contribution in [-0.4, -0.2) is 72.1 Å². The summed E-state index contributed by atoms with van der Waals surface area (Å²) in [4.78, 5) is 4.88.